The number of likely N-dealkylation sites (N-methyl/N-ethyl adjacent to an activating group) is 1. The SMILES string of the molecule is CN(C)CC1CCCN1c1ncc(Br)cc1CN. The summed E-state index contributed by atoms with van der Waals surface area (Å²) >= 11 is 3.46. The van der Waals surface area contributed by atoms with E-state index in [9.17, 15) is 0 Å². The number of halogens is 1. The predicted molar refractivity (Wildman–Crippen MR) is 78.8 cm³/mol. The van der Waals surface area contributed by atoms with Crippen molar-refractivity contribution in [3.05, 3.63) is 22.3 Å². The van der Waals surface area contributed by atoms with Crippen molar-refractivity contribution >= 4 is 21.7 Å². The molecule has 0 amide bonds. The van der Waals surface area contributed by atoms with Gasteiger partial charge in [-0.1, -0.05) is 0 Å². The maximum Gasteiger partial charge on any atom is 0.133 e. The maximum absolute atomic E-state index is 5.84. The largest absolute Gasteiger partial charge is 0.352 e. The van der Waals surface area contributed by atoms with Crippen LogP contribution in [0, 0.1) is 0 Å². The Balaban J connectivity index is 2.24. The molecule has 0 spiro atoms. The van der Waals surface area contributed by atoms with Crippen LogP contribution in [-0.4, -0.2) is 43.1 Å². The standard InChI is InChI=1S/C13H21BrN4/c1-17(2)9-12-4-3-5-18(12)13-10(7-15)6-11(14)8-16-13/h6,8,12H,3-5,7,9,15H2,1-2H3. The van der Waals surface area contributed by atoms with Crippen molar-refractivity contribution in [3.8, 4) is 0 Å². The second kappa shape index (κ2) is 5.99. The Morgan fingerprint density at radius 3 is 3.00 bits per heavy atom. The van der Waals surface area contributed by atoms with E-state index in [0.717, 1.165) is 28.9 Å². The number of hydrogen-bond donors (Lipinski definition) is 1. The highest BCUT2D eigenvalue weighted by molar-refractivity contribution is 9.10. The maximum atomic E-state index is 5.84. The molecule has 0 radical (unpaired) electrons. The van der Waals surface area contributed by atoms with E-state index < -0.39 is 0 Å². The van der Waals surface area contributed by atoms with E-state index in [1.54, 1.807) is 0 Å². The zero-order chi connectivity index (χ0) is 13.1. The first-order valence-corrected chi connectivity index (χ1v) is 7.17. The van der Waals surface area contributed by atoms with Crippen LogP contribution >= 0.6 is 15.9 Å². The van der Waals surface area contributed by atoms with E-state index in [-0.39, 0.29) is 0 Å². The molecule has 2 heterocycles. The molecule has 5 heteroatoms. The zero-order valence-electron chi connectivity index (χ0n) is 11.1. The first-order chi connectivity index (χ1) is 8.61. The van der Waals surface area contributed by atoms with Crippen LogP contribution < -0.4 is 10.6 Å². The fourth-order valence-corrected chi connectivity index (χ4v) is 2.99. The van der Waals surface area contributed by atoms with Gasteiger partial charge in [0, 0.05) is 41.9 Å². The van der Waals surface area contributed by atoms with Crippen LogP contribution in [0.1, 0.15) is 18.4 Å². The minimum Gasteiger partial charge on any atom is -0.352 e. The number of aromatic nitrogens is 1. The summed E-state index contributed by atoms with van der Waals surface area (Å²) in [5.41, 5.74) is 6.96. The lowest BCUT2D eigenvalue weighted by Gasteiger charge is -2.29. The summed E-state index contributed by atoms with van der Waals surface area (Å²) < 4.78 is 0.995. The smallest absolute Gasteiger partial charge is 0.133 e. The number of rotatable bonds is 4. The normalized spacial score (nSPS) is 19.8. The Morgan fingerprint density at radius 1 is 1.56 bits per heavy atom. The fourth-order valence-electron chi connectivity index (χ4n) is 2.61. The minimum atomic E-state index is 0.535. The van der Waals surface area contributed by atoms with Gasteiger partial charge < -0.3 is 15.5 Å². The quantitative estimate of drug-likeness (QED) is 0.921. The Labute approximate surface area is 117 Å². The molecule has 0 aliphatic carbocycles. The summed E-state index contributed by atoms with van der Waals surface area (Å²) in [6.45, 7) is 2.69. The molecule has 18 heavy (non-hydrogen) atoms. The van der Waals surface area contributed by atoms with Crippen LogP contribution in [0.5, 0.6) is 0 Å². The predicted octanol–water partition coefficient (Wildman–Crippen LogP) is 1.83. The number of pyridine rings is 1. The van der Waals surface area contributed by atoms with Crippen LogP contribution in [-0.2, 0) is 6.54 Å². The molecular weight excluding hydrogens is 292 g/mol. The lowest BCUT2D eigenvalue weighted by molar-refractivity contribution is 0.371. The second-order valence-corrected chi connectivity index (χ2v) is 6.01. The second-order valence-electron chi connectivity index (χ2n) is 5.09. The first-order valence-electron chi connectivity index (χ1n) is 6.37. The molecule has 0 saturated carbocycles. The van der Waals surface area contributed by atoms with Crippen molar-refractivity contribution in [2.45, 2.75) is 25.4 Å². The van der Waals surface area contributed by atoms with Crippen LogP contribution in [0.15, 0.2) is 16.7 Å². The third kappa shape index (κ3) is 3.02. The van der Waals surface area contributed by atoms with E-state index in [1.165, 1.54) is 12.8 Å². The molecule has 0 bridgehead atoms. The van der Waals surface area contributed by atoms with Crippen LogP contribution in [0.25, 0.3) is 0 Å². The molecule has 1 aromatic heterocycles. The number of hydrogen-bond acceptors (Lipinski definition) is 4. The van der Waals surface area contributed by atoms with Crippen molar-refractivity contribution < 1.29 is 0 Å². The average Bonchev–Trinajstić information content (AvgIpc) is 2.76. The molecule has 0 aromatic carbocycles. The summed E-state index contributed by atoms with van der Waals surface area (Å²) in [6.07, 6.45) is 4.33. The van der Waals surface area contributed by atoms with Gasteiger partial charge in [0.1, 0.15) is 5.82 Å². The fraction of sp³-hybridized carbons (Fsp3) is 0.615. The Hall–Kier alpha value is -0.650. The summed E-state index contributed by atoms with van der Waals surface area (Å²) in [5.74, 6) is 1.06. The van der Waals surface area contributed by atoms with Crippen LogP contribution in [0.3, 0.4) is 0 Å². The molecule has 1 saturated heterocycles. The van der Waals surface area contributed by atoms with Crippen molar-refractivity contribution in [2.24, 2.45) is 5.73 Å². The van der Waals surface area contributed by atoms with Crippen LogP contribution in [0.4, 0.5) is 5.82 Å². The molecule has 1 fully saturated rings. The van der Waals surface area contributed by atoms with Gasteiger partial charge in [0.15, 0.2) is 0 Å². The van der Waals surface area contributed by atoms with E-state index >= 15 is 0 Å². The topological polar surface area (TPSA) is 45.4 Å². The van der Waals surface area contributed by atoms with Crippen molar-refractivity contribution in [1.82, 2.24) is 9.88 Å². The van der Waals surface area contributed by atoms with Crippen molar-refractivity contribution in [2.75, 3.05) is 32.1 Å². The summed E-state index contributed by atoms with van der Waals surface area (Å²) in [6, 6.07) is 2.63. The highest BCUT2D eigenvalue weighted by atomic mass is 79.9. The van der Waals surface area contributed by atoms with Gasteiger partial charge in [0.05, 0.1) is 0 Å². The monoisotopic (exact) mass is 312 g/mol. The molecule has 1 aromatic rings. The van der Waals surface area contributed by atoms with Gasteiger partial charge in [-0.3, -0.25) is 0 Å². The number of nitrogens with zero attached hydrogens (tertiary/aromatic N) is 3. The average molecular weight is 313 g/mol. The van der Waals surface area contributed by atoms with Gasteiger partial charge in [0.2, 0.25) is 0 Å². The third-order valence-electron chi connectivity index (χ3n) is 3.35. The van der Waals surface area contributed by atoms with Gasteiger partial charge in [-0.25, -0.2) is 4.98 Å². The molecule has 1 aliphatic heterocycles. The zero-order valence-corrected chi connectivity index (χ0v) is 12.7. The van der Waals surface area contributed by atoms with E-state index in [0.29, 0.717) is 12.6 Å². The van der Waals surface area contributed by atoms with E-state index in [2.05, 4.69) is 50.9 Å². The van der Waals surface area contributed by atoms with Crippen LogP contribution in [0.2, 0.25) is 0 Å². The summed E-state index contributed by atoms with van der Waals surface area (Å²) in [7, 11) is 4.24. The molecule has 4 nitrogen and oxygen atoms in total. The molecule has 1 unspecified atom stereocenters. The molecular formula is C13H21BrN4. The minimum absolute atomic E-state index is 0.535. The van der Waals surface area contributed by atoms with E-state index in [1.807, 2.05) is 6.20 Å². The number of nitrogens with two attached hydrogens (primary N) is 1. The Kier molecular flexibility index (Phi) is 4.59. The van der Waals surface area contributed by atoms with Gasteiger partial charge in [-0.15, -0.1) is 0 Å². The molecule has 1 atom stereocenters. The van der Waals surface area contributed by atoms with Gasteiger partial charge in [-0.05, 0) is 48.9 Å². The molecule has 100 valence electrons. The van der Waals surface area contributed by atoms with Crippen molar-refractivity contribution in [3.63, 3.8) is 0 Å². The summed E-state index contributed by atoms with van der Waals surface area (Å²) in [5, 5.41) is 0. The molecule has 1 aliphatic rings. The number of anilines is 1. The van der Waals surface area contributed by atoms with Gasteiger partial charge in [-0.2, -0.15) is 0 Å². The Morgan fingerprint density at radius 2 is 2.33 bits per heavy atom. The highest BCUT2D eigenvalue weighted by Gasteiger charge is 2.27. The van der Waals surface area contributed by atoms with E-state index in [4.69, 9.17) is 5.73 Å². The highest BCUT2D eigenvalue weighted by Crippen LogP contribution is 2.28. The van der Waals surface area contributed by atoms with Crippen molar-refractivity contribution in [1.29, 1.82) is 0 Å². The first kappa shape index (κ1) is 13.8. The molecule has 2 N–H and O–H groups in total. The Bertz CT molecular complexity index is 408. The van der Waals surface area contributed by atoms with Gasteiger partial charge in [0.25, 0.3) is 0 Å². The summed E-state index contributed by atoms with van der Waals surface area (Å²) in [4.78, 5) is 9.22. The molecule has 2 rings (SSSR count). The lowest BCUT2D eigenvalue weighted by Crippen LogP contribution is -2.38. The lowest BCUT2D eigenvalue weighted by atomic mass is 10.2. The third-order valence-corrected chi connectivity index (χ3v) is 3.79. The van der Waals surface area contributed by atoms with Gasteiger partial charge >= 0.3 is 0 Å².